The number of nitrogens with zero attached hydrogens (tertiary/aromatic N) is 1. The zero-order valence-electron chi connectivity index (χ0n) is 16.5. The number of amides is 1. The molecule has 0 aliphatic heterocycles. The first-order valence-electron chi connectivity index (χ1n) is 9.64. The van der Waals surface area contributed by atoms with Gasteiger partial charge in [0.25, 0.3) is 0 Å². The SMILES string of the molecule is O=C(Cc1csc(-c2ccc(C(F)(F)F)cc2)n1)Nc1cccc(S(=O)(=O)NC2CC2)c1. The van der Waals surface area contributed by atoms with Crippen molar-refractivity contribution in [2.24, 2.45) is 0 Å². The summed E-state index contributed by atoms with van der Waals surface area (Å²) in [5.41, 5.74) is 0.582. The molecule has 1 aliphatic carbocycles. The minimum absolute atomic E-state index is 0.0261. The van der Waals surface area contributed by atoms with Crippen LogP contribution in [0.15, 0.2) is 58.8 Å². The summed E-state index contributed by atoms with van der Waals surface area (Å²) in [6, 6.07) is 10.6. The number of halogens is 3. The summed E-state index contributed by atoms with van der Waals surface area (Å²) in [6.45, 7) is 0. The average molecular weight is 482 g/mol. The minimum atomic E-state index is -4.41. The van der Waals surface area contributed by atoms with Crippen LogP contribution in [0.25, 0.3) is 10.6 Å². The number of hydrogen-bond acceptors (Lipinski definition) is 5. The topological polar surface area (TPSA) is 88.2 Å². The largest absolute Gasteiger partial charge is 0.416 e. The van der Waals surface area contributed by atoms with Crippen molar-refractivity contribution in [2.45, 2.75) is 36.4 Å². The van der Waals surface area contributed by atoms with Gasteiger partial charge in [0.1, 0.15) is 5.01 Å². The zero-order chi connectivity index (χ0) is 22.9. The van der Waals surface area contributed by atoms with Crippen LogP contribution < -0.4 is 10.0 Å². The molecule has 1 heterocycles. The summed E-state index contributed by atoms with van der Waals surface area (Å²) < 4.78 is 65.4. The van der Waals surface area contributed by atoms with Gasteiger partial charge >= 0.3 is 6.18 Å². The third-order valence-electron chi connectivity index (χ3n) is 4.68. The molecule has 1 aliphatic rings. The molecule has 0 spiro atoms. The molecule has 1 aromatic heterocycles. The van der Waals surface area contributed by atoms with Gasteiger partial charge in [0.15, 0.2) is 0 Å². The second kappa shape index (κ2) is 8.64. The molecule has 0 radical (unpaired) electrons. The molecule has 2 N–H and O–H groups in total. The van der Waals surface area contributed by atoms with Gasteiger partial charge in [-0.15, -0.1) is 11.3 Å². The monoisotopic (exact) mass is 481 g/mol. The number of carbonyl (C=O) groups is 1. The third-order valence-corrected chi connectivity index (χ3v) is 7.14. The van der Waals surface area contributed by atoms with E-state index >= 15 is 0 Å². The maximum atomic E-state index is 12.7. The second-order valence-electron chi connectivity index (χ2n) is 7.37. The quantitative estimate of drug-likeness (QED) is 0.522. The van der Waals surface area contributed by atoms with E-state index in [1.54, 1.807) is 17.5 Å². The fraction of sp³-hybridized carbons (Fsp3) is 0.238. The predicted molar refractivity (Wildman–Crippen MR) is 115 cm³/mol. The number of rotatable bonds is 7. The Balaban J connectivity index is 1.40. The van der Waals surface area contributed by atoms with Gasteiger partial charge in [-0.1, -0.05) is 18.2 Å². The molecular formula is C21H18F3N3O3S2. The summed E-state index contributed by atoms with van der Waals surface area (Å²) in [7, 11) is -3.64. The highest BCUT2D eigenvalue weighted by atomic mass is 32.2. The number of nitrogens with one attached hydrogen (secondary N) is 2. The van der Waals surface area contributed by atoms with Crippen molar-refractivity contribution in [3.63, 3.8) is 0 Å². The van der Waals surface area contributed by atoms with Crippen molar-refractivity contribution in [2.75, 3.05) is 5.32 Å². The molecule has 0 atom stereocenters. The molecule has 3 aromatic rings. The van der Waals surface area contributed by atoms with Crippen LogP contribution in [0.1, 0.15) is 24.1 Å². The van der Waals surface area contributed by atoms with E-state index in [9.17, 15) is 26.4 Å². The normalized spacial score (nSPS) is 14.3. The van der Waals surface area contributed by atoms with Crippen LogP contribution in [0.2, 0.25) is 0 Å². The maximum Gasteiger partial charge on any atom is 0.416 e. The molecule has 11 heteroatoms. The van der Waals surface area contributed by atoms with Crippen molar-refractivity contribution in [3.05, 3.63) is 65.2 Å². The Labute approximate surface area is 186 Å². The molecule has 4 rings (SSSR count). The molecule has 0 unspecified atom stereocenters. The average Bonchev–Trinajstić information content (AvgIpc) is 3.41. The van der Waals surface area contributed by atoms with Crippen LogP contribution >= 0.6 is 11.3 Å². The fourth-order valence-electron chi connectivity index (χ4n) is 2.92. The lowest BCUT2D eigenvalue weighted by molar-refractivity contribution is -0.137. The number of hydrogen-bond donors (Lipinski definition) is 2. The Kier molecular flexibility index (Phi) is 6.06. The first-order chi connectivity index (χ1) is 15.1. The van der Waals surface area contributed by atoms with E-state index < -0.39 is 21.8 Å². The van der Waals surface area contributed by atoms with Gasteiger partial charge in [0, 0.05) is 22.7 Å². The van der Waals surface area contributed by atoms with Crippen molar-refractivity contribution in [1.82, 2.24) is 9.71 Å². The molecule has 0 saturated heterocycles. The zero-order valence-corrected chi connectivity index (χ0v) is 18.2. The highest BCUT2D eigenvalue weighted by Crippen LogP contribution is 2.32. The van der Waals surface area contributed by atoms with Gasteiger partial charge in [-0.05, 0) is 43.2 Å². The molecule has 1 fully saturated rings. The van der Waals surface area contributed by atoms with E-state index in [1.807, 2.05) is 0 Å². The molecule has 0 bridgehead atoms. The van der Waals surface area contributed by atoms with Gasteiger partial charge in [-0.2, -0.15) is 13.2 Å². The van der Waals surface area contributed by atoms with E-state index in [0.717, 1.165) is 25.0 Å². The smallest absolute Gasteiger partial charge is 0.326 e. The van der Waals surface area contributed by atoms with E-state index in [2.05, 4.69) is 15.0 Å². The van der Waals surface area contributed by atoms with Crippen molar-refractivity contribution >= 4 is 33.0 Å². The lowest BCUT2D eigenvalue weighted by Crippen LogP contribution is -2.25. The lowest BCUT2D eigenvalue weighted by atomic mass is 10.1. The third kappa shape index (κ3) is 5.53. The highest BCUT2D eigenvalue weighted by molar-refractivity contribution is 7.89. The first-order valence-corrected chi connectivity index (χ1v) is 12.0. The van der Waals surface area contributed by atoms with Crippen LogP contribution in [-0.4, -0.2) is 25.4 Å². The van der Waals surface area contributed by atoms with Crippen molar-refractivity contribution in [3.8, 4) is 10.6 Å². The van der Waals surface area contributed by atoms with E-state index in [4.69, 9.17) is 0 Å². The second-order valence-corrected chi connectivity index (χ2v) is 9.94. The molecule has 168 valence electrons. The van der Waals surface area contributed by atoms with E-state index in [1.165, 1.54) is 35.6 Å². The lowest BCUT2D eigenvalue weighted by Gasteiger charge is -2.08. The number of anilines is 1. The van der Waals surface area contributed by atoms with Crippen molar-refractivity contribution in [1.29, 1.82) is 0 Å². The number of alkyl halides is 3. The summed E-state index contributed by atoms with van der Waals surface area (Å²) in [6.07, 6.45) is -2.83. The van der Waals surface area contributed by atoms with Gasteiger partial charge in [0.05, 0.1) is 22.6 Å². The standard InChI is InChI=1S/C21H18F3N3O3S2/c22-21(23,24)14-6-4-13(5-7-14)20-26-17(12-31-20)11-19(28)25-16-2-1-3-18(10-16)32(29,30)27-15-8-9-15/h1-7,10,12,15,27H,8-9,11H2,(H,25,28). The summed E-state index contributed by atoms with van der Waals surface area (Å²) in [5, 5.41) is 4.81. The highest BCUT2D eigenvalue weighted by Gasteiger charge is 2.30. The Hall–Kier alpha value is -2.76. The van der Waals surface area contributed by atoms with Crippen LogP contribution in [-0.2, 0) is 27.4 Å². The number of thiazole rings is 1. The van der Waals surface area contributed by atoms with Crippen LogP contribution in [0.5, 0.6) is 0 Å². The Morgan fingerprint density at radius 3 is 2.50 bits per heavy atom. The summed E-state index contributed by atoms with van der Waals surface area (Å²) in [5.74, 6) is -0.390. The molecule has 6 nitrogen and oxygen atoms in total. The molecule has 1 saturated carbocycles. The summed E-state index contributed by atoms with van der Waals surface area (Å²) in [4.78, 5) is 16.8. The molecular weight excluding hydrogens is 463 g/mol. The molecule has 2 aromatic carbocycles. The van der Waals surface area contributed by atoms with Gasteiger partial charge in [-0.25, -0.2) is 18.1 Å². The van der Waals surface area contributed by atoms with Crippen LogP contribution in [0.3, 0.4) is 0 Å². The first kappa shape index (κ1) is 22.4. The van der Waals surface area contributed by atoms with Gasteiger partial charge < -0.3 is 5.32 Å². The number of aromatic nitrogens is 1. The summed E-state index contributed by atoms with van der Waals surface area (Å²) >= 11 is 1.22. The van der Waals surface area contributed by atoms with Gasteiger partial charge in [0.2, 0.25) is 15.9 Å². The van der Waals surface area contributed by atoms with Crippen LogP contribution in [0.4, 0.5) is 18.9 Å². The van der Waals surface area contributed by atoms with Crippen molar-refractivity contribution < 1.29 is 26.4 Å². The number of carbonyl (C=O) groups excluding carboxylic acids is 1. The number of benzene rings is 2. The predicted octanol–water partition coefficient (Wildman–Crippen LogP) is 4.45. The Morgan fingerprint density at radius 1 is 1.12 bits per heavy atom. The molecule has 1 amide bonds. The maximum absolute atomic E-state index is 12.7. The van der Waals surface area contributed by atoms with Crippen LogP contribution in [0, 0.1) is 0 Å². The molecule has 32 heavy (non-hydrogen) atoms. The Bertz CT molecular complexity index is 1230. The van der Waals surface area contributed by atoms with E-state index in [0.29, 0.717) is 22.0 Å². The van der Waals surface area contributed by atoms with Gasteiger partial charge in [-0.3, -0.25) is 4.79 Å². The fourth-order valence-corrected chi connectivity index (χ4v) is 5.10. The number of sulfonamides is 1. The van der Waals surface area contributed by atoms with E-state index in [-0.39, 0.29) is 23.3 Å². The minimum Gasteiger partial charge on any atom is -0.326 e. The Morgan fingerprint density at radius 2 is 1.84 bits per heavy atom.